The first-order chi connectivity index (χ1) is 11.4. The smallest absolute Gasteiger partial charge is 0.226 e. The SMILES string of the molecule is CC(=O)N(CCC(=O)Nc1ccc(Br)cc1)c1ccc(C)c(C)c1. The molecular formula is C19H21BrN2O2. The molecule has 5 heteroatoms. The minimum atomic E-state index is -0.118. The van der Waals surface area contributed by atoms with Gasteiger partial charge in [0.15, 0.2) is 0 Å². The second-order valence-electron chi connectivity index (χ2n) is 5.74. The Labute approximate surface area is 151 Å². The van der Waals surface area contributed by atoms with E-state index in [0.717, 1.165) is 21.4 Å². The molecule has 1 N–H and O–H groups in total. The van der Waals surface area contributed by atoms with Crippen LogP contribution in [0.3, 0.4) is 0 Å². The normalized spacial score (nSPS) is 10.3. The number of hydrogen-bond donors (Lipinski definition) is 1. The Morgan fingerprint density at radius 3 is 2.29 bits per heavy atom. The number of anilines is 2. The van der Waals surface area contributed by atoms with E-state index in [1.165, 1.54) is 12.5 Å². The predicted octanol–water partition coefficient (Wildman–Crippen LogP) is 4.45. The summed E-state index contributed by atoms with van der Waals surface area (Å²) in [6.45, 7) is 5.91. The number of carbonyl (C=O) groups is 2. The number of hydrogen-bond acceptors (Lipinski definition) is 2. The van der Waals surface area contributed by atoms with E-state index in [0.29, 0.717) is 6.54 Å². The van der Waals surface area contributed by atoms with E-state index in [2.05, 4.69) is 21.2 Å². The van der Waals surface area contributed by atoms with Crippen LogP contribution in [0.25, 0.3) is 0 Å². The quantitative estimate of drug-likeness (QED) is 0.822. The first-order valence-electron chi connectivity index (χ1n) is 7.77. The van der Waals surface area contributed by atoms with Crippen molar-refractivity contribution in [3.63, 3.8) is 0 Å². The number of benzene rings is 2. The second-order valence-corrected chi connectivity index (χ2v) is 6.66. The predicted molar refractivity (Wildman–Crippen MR) is 101 cm³/mol. The summed E-state index contributed by atoms with van der Waals surface area (Å²) < 4.78 is 0.956. The standard InChI is InChI=1S/C19H21BrN2O2/c1-13-4-9-18(12-14(13)2)22(15(3)23)11-10-19(24)21-17-7-5-16(20)6-8-17/h4-9,12H,10-11H2,1-3H3,(H,21,24). The van der Waals surface area contributed by atoms with Crippen molar-refractivity contribution >= 4 is 39.1 Å². The van der Waals surface area contributed by atoms with E-state index in [1.54, 1.807) is 4.90 Å². The second kappa shape index (κ2) is 8.11. The van der Waals surface area contributed by atoms with E-state index >= 15 is 0 Å². The number of nitrogens with one attached hydrogen (secondary N) is 1. The third-order valence-corrected chi connectivity index (χ3v) is 4.40. The molecule has 24 heavy (non-hydrogen) atoms. The van der Waals surface area contributed by atoms with Crippen LogP contribution in [-0.4, -0.2) is 18.4 Å². The zero-order valence-corrected chi connectivity index (χ0v) is 15.7. The summed E-state index contributed by atoms with van der Waals surface area (Å²) in [6.07, 6.45) is 0.239. The van der Waals surface area contributed by atoms with Crippen LogP contribution >= 0.6 is 15.9 Å². The average molecular weight is 389 g/mol. The van der Waals surface area contributed by atoms with E-state index in [-0.39, 0.29) is 18.2 Å². The Balaban J connectivity index is 2.00. The van der Waals surface area contributed by atoms with Crippen molar-refractivity contribution in [3.8, 4) is 0 Å². The van der Waals surface area contributed by atoms with Crippen LogP contribution in [0.4, 0.5) is 11.4 Å². The molecule has 0 aliphatic carbocycles. The maximum Gasteiger partial charge on any atom is 0.226 e. The molecule has 0 fully saturated rings. The fraction of sp³-hybridized carbons (Fsp3) is 0.263. The molecule has 0 saturated heterocycles. The zero-order valence-electron chi connectivity index (χ0n) is 14.1. The molecule has 4 nitrogen and oxygen atoms in total. The van der Waals surface area contributed by atoms with Crippen LogP contribution in [0.1, 0.15) is 24.5 Å². The van der Waals surface area contributed by atoms with Crippen molar-refractivity contribution < 1.29 is 9.59 Å². The van der Waals surface area contributed by atoms with Crippen molar-refractivity contribution in [2.75, 3.05) is 16.8 Å². The van der Waals surface area contributed by atoms with Gasteiger partial charge in [-0.3, -0.25) is 9.59 Å². The summed E-state index contributed by atoms with van der Waals surface area (Å²) in [4.78, 5) is 25.7. The van der Waals surface area contributed by atoms with Gasteiger partial charge in [0.05, 0.1) is 0 Å². The van der Waals surface area contributed by atoms with E-state index in [9.17, 15) is 9.59 Å². The van der Waals surface area contributed by atoms with Crippen LogP contribution in [-0.2, 0) is 9.59 Å². The largest absolute Gasteiger partial charge is 0.326 e. The lowest BCUT2D eigenvalue weighted by Crippen LogP contribution is -2.32. The lowest BCUT2D eigenvalue weighted by molar-refractivity contribution is -0.117. The number of amides is 2. The van der Waals surface area contributed by atoms with Crippen molar-refractivity contribution in [2.24, 2.45) is 0 Å². The topological polar surface area (TPSA) is 49.4 Å². The van der Waals surface area contributed by atoms with Crippen molar-refractivity contribution in [1.29, 1.82) is 0 Å². The molecule has 2 amide bonds. The molecule has 2 aromatic carbocycles. The van der Waals surface area contributed by atoms with Gasteiger partial charge in [-0.1, -0.05) is 22.0 Å². The molecule has 0 aliphatic rings. The third-order valence-electron chi connectivity index (χ3n) is 3.87. The van der Waals surface area contributed by atoms with Gasteiger partial charge in [-0.2, -0.15) is 0 Å². The number of nitrogens with zero attached hydrogens (tertiary/aromatic N) is 1. The summed E-state index contributed by atoms with van der Waals surface area (Å²) in [5, 5.41) is 2.84. The van der Waals surface area contributed by atoms with Gasteiger partial charge in [-0.25, -0.2) is 0 Å². The Morgan fingerprint density at radius 1 is 1.04 bits per heavy atom. The van der Waals surface area contributed by atoms with E-state index in [1.807, 2.05) is 56.3 Å². The molecule has 126 valence electrons. The van der Waals surface area contributed by atoms with Crippen LogP contribution in [0.5, 0.6) is 0 Å². The number of aryl methyl sites for hydroxylation is 2. The first kappa shape index (κ1) is 18.2. The molecule has 0 aliphatic heterocycles. The summed E-state index contributed by atoms with van der Waals surface area (Å²) in [5.41, 5.74) is 3.86. The zero-order chi connectivity index (χ0) is 17.7. The molecule has 2 rings (SSSR count). The molecule has 0 bridgehead atoms. The molecule has 0 aromatic heterocycles. The highest BCUT2D eigenvalue weighted by molar-refractivity contribution is 9.10. The van der Waals surface area contributed by atoms with Crippen molar-refractivity contribution in [2.45, 2.75) is 27.2 Å². The Hall–Kier alpha value is -2.14. The molecule has 0 spiro atoms. The monoisotopic (exact) mass is 388 g/mol. The Kier molecular flexibility index (Phi) is 6.15. The van der Waals surface area contributed by atoms with Crippen LogP contribution in [0.15, 0.2) is 46.9 Å². The summed E-state index contributed by atoms with van der Waals surface area (Å²) in [7, 11) is 0. The van der Waals surface area contributed by atoms with Gasteiger partial charge in [-0.05, 0) is 61.4 Å². The summed E-state index contributed by atoms with van der Waals surface area (Å²) in [5.74, 6) is -0.192. The highest BCUT2D eigenvalue weighted by Crippen LogP contribution is 2.20. The average Bonchev–Trinajstić information content (AvgIpc) is 2.53. The highest BCUT2D eigenvalue weighted by Gasteiger charge is 2.14. The Morgan fingerprint density at radius 2 is 1.71 bits per heavy atom. The molecule has 0 unspecified atom stereocenters. The van der Waals surface area contributed by atoms with Crippen LogP contribution in [0.2, 0.25) is 0 Å². The summed E-state index contributed by atoms with van der Waals surface area (Å²) >= 11 is 3.36. The van der Waals surface area contributed by atoms with Crippen molar-refractivity contribution in [3.05, 3.63) is 58.1 Å². The van der Waals surface area contributed by atoms with Gasteiger partial charge in [-0.15, -0.1) is 0 Å². The lowest BCUT2D eigenvalue weighted by atomic mass is 10.1. The minimum Gasteiger partial charge on any atom is -0.326 e. The van der Waals surface area contributed by atoms with Gasteiger partial charge >= 0.3 is 0 Å². The van der Waals surface area contributed by atoms with Gasteiger partial charge < -0.3 is 10.2 Å². The van der Waals surface area contributed by atoms with Crippen LogP contribution < -0.4 is 10.2 Å². The van der Waals surface area contributed by atoms with E-state index in [4.69, 9.17) is 0 Å². The molecule has 2 aromatic rings. The van der Waals surface area contributed by atoms with Gasteiger partial charge in [0.25, 0.3) is 0 Å². The summed E-state index contributed by atoms with van der Waals surface area (Å²) in [6, 6.07) is 13.3. The minimum absolute atomic E-state index is 0.0744. The molecule has 0 saturated carbocycles. The maximum atomic E-state index is 12.1. The van der Waals surface area contributed by atoms with Gasteiger partial charge in [0.2, 0.25) is 11.8 Å². The molecule has 0 radical (unpaired) electrons. The third kappa shape index (κ3) is 4.93. The Bertz CT molecular complexity index is 742. The molecule has 0 atom stereocenters. The fourth-order valence-electron chi connectivity index (χ4n) is 2.33. The van der Waals surface area contributed by atoms with E-state index < -0.39 is 0 Å². The first-order valence-corrected chi connectivity index (χ1v) is 8.57. The number of carbonyl (C=O) groups excluding carboxylic acids is 2. The van der Waals surface area contributed by atoms with Crippen molar-refractivity contribution in [1.82, 2.24) is 0 Å². The molecule has 0 heterocycles. The maximum absolute atomic E-state index is 12.1. The van der Waals surface area contributed by atoms with Gasteiger partial charge in [0, 0.05) is 35.7 Å². The van der Waals surface area contributed by atoms with Gasteiger partial charge in [0.1, 0.15) is 0 Å². The fourth-order valence-corrected chi connectivity index (χ4v) is 2.60. The van der Waals surface area contributed by atoms with Crippen LogP contribution in [0, 0.1) is 13.8 Å². The molecular weight excluding hydrogens is 368 g/mol. The highest BCUT2D eigenvalue weighted by atomic mass is 79.9. The lowest BCUT2D eigenvalue weighted by Gasteiger charge is -2.22. The number of halogens is 1. The number of rotatable bonds is 5.